The number of nitro groups is 1. The molecule has 1 heterocycles. The van der Waals surface area contributed by atoms with Gasteiger partial charge in [0.1, 0.15) is 5.56 Å². The Balaban J connectivity index is 2.22. The number of carbonyl (C=O) groups excluding carboxylic acids is 1. The maximum absolute atomic E-state index is 12.4. The van der Waals surface area contributed by atoms with Crippen LogP contribution >= 0.6 is 0 Å². The molecule has 0 saturated carbocycles. The Hall–Kier alpha value is -1.95. The van der Waals surface area contributed by atoms with Crippen molar-refractivity contribution in [2.45, 2.75) is 12.8 Å². The van der Waals surface area contributed by atoms with Crippen LogP contribution in [0.5, 0.6) is 0 Å². The molecule has 0 spiro atoms. The first kappa shape index (κ1) is 13.5. The van der Waals surface area contributed by atoms with Gasteiger partial charge in [-0.1, -0.05) is 12.1 Å². The van der Waals surface area contributed by atoms with Gasteiger partial charge in [-0.2, -0.15) is 0 Å². The van der Waals surface area contributed by atoms with E-state index in [4.69, 9.17) is 5.73 Å². The van der Waals surface area contributed by atoms with Crippen LogP contribution in [0.1, 0.15) is 23.2 Å². The van der Waals surface area contributed by atoms with Gasteiger partial charge in [0.2, 0.25) is 0 Å². The fourth-order valence-corrected chi connectivity index (χ4v) is 2.43. The molecule has 1 aromatic carbocycles. The van der Waals surface area contributed by atoms with Crippen molar-refractivity contribution in [3.05, 3.63) is 39.9 Å². The van der Waals surface area contributed by atoms with Crippen LogP contribution in [0.15, 0.2) is 24.3 Å². The molecule has 19 heavy (non-hydrogen) atoms. The van der Waals surface area contributed by atoms with Gasteiger partial charge in [0, 0.05) is 19.2 Å². The summed E-state index contributed by atoms with van der Waals surface area (Å²) in [5, 5.41) is 10.9. The molecule has 1 unspecified atom stereocenters. The van der Waals surface area contributed by atoms with Crippen LogP contribution in [0.4, 0.5) is 5.69 Å². The van der Waals surface area contributed by atoms with Crippen LogP contribution in [0, 0.1) is 16.0 Å². The summed E-state index contributed by atoms with van der Waals surface area (Å²) in [6.07, 6.45) is 1.91. The molecule has 0 radical (unpaired) electrons. The van der Waals surface area contributed by atoms with Crippen molar-refractivity contribution in [1.29, 1.82) is 0 Å². The number of para-hydroxylation sites is 1. The van der Waals surface area contributed by atoms with E-state index in [0.29, 0.717) is 25.6 Å². The Labute approximate surface area is 111 Å². The van der Waals surface area contributed by atoms with Crippen molar-refractivity contribution in [2.75, 3.05) is 19.6 Å². The molecule has 1 aliphatic heterocycles. The van der Waals surface area contributed by atoms with E-state index in [1.807, 2.05) is 0 Å². The van der Waals surface area contributed by atoms with Crippen molar-refractivity contribution in [3.63, 3.8) is 0 Å². The summed E-state index contributed by atoms with van der Waals surface area (Å²) in [7, 11) is 0. The largest absolute Gasteiger partial charge is 0.338 e. The second-order valence-corrected chi connectivity index (χ2v) is 4.77. The molecule has 6 heteroatoms. The van der Waals surface area contributed by atoms with Gasteiger partial charge in [0.05, 0.1) is 4.92 Å². The number of nitrogens with two attached hydrogens (primary N) is 1. The molecule has 2 rings (SSSR count). The summed E-state index contributed by atoms with van der Waals surface area (Å²) >= 11 is 0. The highest BCUT2D eigenvalue weighted by molar-refractivity contribution is 5.98. The minimum atomic E-state index is -0.516. The first-order valence-corrected chi connectivity index (χ1v) is 6.36. The van der Waals surface area contributed by atoms with Crippen LogP contribution in [0.3, 0.4) is 0 Å². The number of piperidine rings is 1. The Morgan fingerprint density at radius 3 is 2.89 bits per heavy atom. The zero-order valence-corrected chi connectivity index (χ0v) is 10.6. The third-order valence-corrected chi connectivity index (χ3v) is 3.47. The van der Waals surface area contributed by atoms with E-state index in [1.54, 1.807) is 17.0 Å². The van der Waals surface area contributed by atoms with Gasteiger partial charge in [0.15, 0.2) is 0 Å². The fraction of sp³-hybridized carbons (Fsp3) is 0.462. The first-order chi connectivity index (χ1) is 9.13. The molecule has 1 saturated heterocycles. The zero-order valence-electron chi connectivity index (χ0n) is 10.6. The van der Waals surface area contributed by atoms with Crippen molar-refractivity contribution in [1.82, 2.24) is 4.90 Å². The predicted octanol–water partition coefficient (Wildman–Crippen LogP) is 1.41. The zero-order chi connectivity index (χ0) is 13.8. The topological polar surface area (TPSA) is 89.5 Å². The smallest absolute Gasteiger partial charge is 0.282 e. The molecule has 2 N–H and O–H groups in total. The van der Waals surface area contributed by atoms with E-state index in [2.05, 4.69) is 0 Å². The van der Waals surface area contributed by atoms with Gasteiger partial charge in [0.25, 0.3) is 11.6 Å². The lowest BCUT2D eigenvalue weighted by molar-refractivity contribution is -0.385. The molecule has 0 bridgehead atoms. The number of nitrogens with zero attached hydrogens (tertiary/aromatic N) is 2. The Morgan fingerprint density at radius 2 is 2.21 bits per heavy atom. The number of nitro benzene ring substituents is 1. The number of carbonyl (C=O) groups is 1. The molecule has 1 atom stereocenters. The number of rotatable bonds is 3. The lowest BCUT2D eigenvalue weighted by atomic mass is 9.97. The summed E-state index contributed by atoms with van der Waals surface area (Å²) < 4.78 is 0. The van der Waals surface area contributed by atoms with Crippen molar-refractivity contribution >= 4 is 11.6 Å². The highest BCUT2D eigenvalue weighted by atomic mass is 16.6. The molecule has 1 aliphatic rings. The SMILES string of the molecule is NCC1CCCN(C(=O)c2ccccc2[N+](=O)[O-])C1. The lowest BCUT2D eigenvalue weighted by Crippen LogP contribution is -2.42. The third-order valence-electron chi connectivity index (χ3n) is 3.47. The van der Waals surface area contributed by atoms with Crippen LogP contribution < -0.4 is 5.73 Å². The Bertz CT molecular complexity index is 490. The molecule has 0 aromatic heterocycles. The summed E-state index contributed by atoms with van der Waals surface area (Å²) in [6.45, 7) is 1.77. The van der Waals surface area contributed by atoms with Gasteiger partial charge in [-0.15, -0.1) is 0 Å². The lowest BCUT2D eigenvalue weighted by Gasteiger charge is -2.32. The predicted molar refractivity (Wildman–Crippen MR) is 70.8 cm³/mol. The molecule has 6 nitrogen and oxygen atoms in total. The van der Waals surface area contributed by atoms with E-state index >= 15 is 0 Å². The maximum atomic E-state index is 12.4. The van der Waals surface area contributed by atoms with Crippen molar-refractivity contribution in [2.24, 2.45) is 11.7 Å². The third kappa shape index (κ3) is 2.90. The van der Waals surface area contributed by atoms with Crippen LogP contribution in [0.25, 0.3) is 0 Å². The summed E-state index contributed by atoms with van der Waals surface area (Å²) in [5.41, 5.74) is 5.66. The standard InChI is InChI=1S/C13H17N3O3/c14-8-10-4-3-7-15(9-10)13(17)11-5-1-2-6-12(11)16(18)19/h1-2,5-6,10H,3-4,7-9,14H2. The quantitative estimate of drug-likeness (QED) is 0.659. The van der Waals surface area contributed by atoms with Crippen LogP contribution in [-0.4, -0.2) is 35.4 Å². The van der Waals surface area contributed by atoms with Crippen LogP contribution in [-0.2, 0) is 0 Å². The Morgan fingerprint density at radius 1 is 1.47 bits per heavy atom. The molecular weight excluding hydrogens is 246 g/mol. The first-order valence-electron chi connectivity index (χ1n) is 6.36. The second kappa shape index (κ2) is 5.79. The Kier molecular flexibility index (Phi) is 4.11. The average Bonchev–Trinajstić information content (AvgIpc) is 2.46. The van der Waals surface area contributed by atoms with E-state index in [0.717, 1.165) is 12.8 Å². The number of hydrogen-bond acceptors (Lipinski definition) is 4. The molecule has 1 fully saturated rings. The minimum Gasteiger partial charge on any atom is -0.338 e. The van der Waals surface area contributed by atoms with E-state index in [9.17, 15) is 14.9 Å². The number of benzene rings is 1. The number of amides is 1. The van der Waals surface area contributed by atoms with Gasteiger partial charge in [-0.05, 0) is 31.4 Å². The summed E-state index contributed by atoms with van der Waals surface area (Å²) in [6, 6.07) is 6.07. The van der Waals surface area contributed by atoms with E-state index < -0.39 is 4.92 Å². The minimum absolute atomic E-state index is 0.137. The van der Waals surface area contributed by atoms with Gasteiger partial charge in [-0.25, -0.2) is 0 Å². The molecule has 1 amide bonds. The monoisotopic (exact) mass is 263 g/mol. The number of hydrogen-bond donors (Lipinski definition) is 1. The number of likely N-dealkylation sites (tertiary alicyclic amines) is 1. The molecule has 1 aromatic rings. The maximum Gasteiger partial charge on any atom is 0.282 e. The summed E-state index contributed by atoms with van der Waals surface area (Å²) in [4.78, 5) is 24.5. The van der Waals surface area contributed by atoms with E-state index in [-0.39, 0.29) is 17.2 Å². The van der Waals surface area contributed by atoms with Gasteiger partial charge < -0.3 is 10.6 Å². The van der Waals surface area contributed by atoms with Gasteiger partial charge in [-0.3, -0.25) is 14.9 Å². The highest BCUT2D eigenvalue weighted by Gasteiger charge is 2.27. The van der Waals surface area contributed by atoms with Crippen molar-refractivity contribution < 1.29 is 9.72 Å². The van der Waals surface area contributed by atoms with Crippen molar-refractivity contribution in [3.8, 4) is 0 Å². The van der Waals surface area contributed by atoms with Crippen LogP contribution in [0.2, 0.25) is 0 Å². The molecule has 0 aliphatic carbocycles. The van der Waals surface area contributed by atoms with E-state index in [1.165, 1.54) is 12.1 Å². The normalized spacial score (nSPS) is 19.2. The average molecular weight is 263 g/mol. The highest BCUT2D eigenvalue weighted by Crippen LogP contribution is 2.23. The fourth-order valence-electron chi connectivity index (χ4n) is 2.43. The summed E-state index contributed by atoms with van der Waals surface area (Å²) in [5.74, 6) is 0.0194. The second-order valence-electron chi connectivity index (χ2n) is 4.77. The van der Waals surface area contributed by atoms with Gasteiger partial charge >= 0.3 is 0 Å². The molecular formula is C13H17N3O3. The molecule has 102 valence electrons.